The zero-order valence-electron chi connectivity index (χ0n) is 9.83. The molecule has 18 heavy (non-hydrogen) atoms. The highest BCUT2D eigenvalue weighted by molar-refractivity contribution is 9.10. The van der Waals surface area contributed by atoms with Gasteiger partial charge in [0, 0.05) is 13.2 Å². The Morgan fingerprint density at radius 2 is 2.28 bits per heavy atom. The summed E-state index contributed by atoms with van der Waals surface area (Å²) in [5.74, 6) is 0. The van der Waals surface area contributed by atoms with E-state index in [1.54, 1.807) is 30.1 Å². The molecule has 2 aromatic heterocycles. The van der Waals surface area contributed by atoms with Crippen LogP contribution in [0.15, 0.2) is 29.1 Å². The number of hydrogen-bond acceptors (Lipinski definition) is 3. The fraction of sp³-hybridized carbons (Fsp3) is 0.182. The van der Waals surface area contributed by atoms with Crippen LogP contribution < -0.4 is 4.90 Å². The summed E-state index contributed by atoms with van der Waals surface area (Å²) in [5.41, 5.74) is 1.90. The Bertz CT molecular complexity index is 582. The molecule has 0 bridgehead atoms. The van der Waals surface area contributed by atoms with Gasteiger partial charge in [0.05, 0.1) is 17.6 Å². The van der Waals surface area contributed by atoms with Crippen LogP contribution in [0.3, 0.4) is 0 Å². The van der Waals surface area contributed by atoms with E-state index in [1.807, 2.05) is 6.07 Å². The van der Waals surface area contributed by atoms with E-state index < -0.39 is 6.09 Å². The number of carboxylic acid groups (broad SMARTS) is 1. The molecule has 6 nitrogen and oxygen atoms in total. The Morgan fingerprint density at radius 1 is 1.56 bits per heavy atom. The van der Waals surface area contributed by atoms with Crippen LogP contribution >= 0.6 is 15.9 Å². The number of anilines is 1. The number of nitrogens with zero attached hydrogens (tertiary/aromatic N) is 4. The second-order valence-corrected chi connectivity index (χ2v) is 4.44. The maximum Gasteiger partial charge on any atom is 0.411 e. The fourth-order valence-electron chi connectivity index (χ4n) is 1.62. The number of hydrogen-bond donors (Lipinski definition) is 1. The van der Waals surface area contributed by atoms with E-state index >= 15 is 0 Å². The maximum atomic E-state index is 11.0. The molecule has 1 N–H and O–H groups in total. The van der Waals surface area contributed by atoms with Gasteiger partial charge in [0.15, 0.2) is 0 Å². The highest BCUT2D eigenvalue weighted by Crippen LogP contribution is 2.31. The van der Waals surface area contributed by atoms with Gasteiger partial charge in [-0.2, -0.15) is 5.10 Å². The summed E-state index contributed by atoms with van der Waals surface area (Å²) < 4.78 is 2.19. The molecule has 0 saturated carbocycles. The maximum absolute atomic E-state index is 11.0. The van der Waals surface area contributed by atoms with E-state index in [1.165, 1.54) is 7.05 Å². The Labute approximate surface area is 112 Å². The van der Waals surface area contributed by atoms with E-state index in [2.05, 4.69) is 26.0 Å². The summed E-state index contributed by atoms with van der Waals surface area (Å²) in [5, 5.41) is 13.3. The molecule has 0 spiro atoms. The molecule has 2 aromatic rings. The molecular formula is C11H11BrN4O2. The third kappa shape index (κ3) is 2.08. The van der Waals surface area contributed by atoms with Crippen LogP contribution in [0.4, 0.5) is 10.5 Å². The highest BCUT2D eigenvalue weighted by atomic mass is 79.9. The lowest BCUT2D eigenvalue weighted by Crippen LogP contribution is -2.24. The summed E-state index contributed by atoms with van der Waals surface area (Å²) in [4.78, 5) is 16.1. The minimum absolute atomic E-state index is 0.520. The summed E-state index contributed by atoms with van der Waals surface area (Å²) >= 11 is 3.38. The van der Waals surface area contributed by atoms with Crippen molar-refractivity contribution in [1.29, 1.82) is 0 Å². The highest BCUT2D eigenvalue weighted by Gasteiger charge is 2.21. The normalized spacial score (nSPS) is 10.4. The first-order valence-corrected chi connectivity index (χ1v) is 5.94. The molecule has 0 aliphatic carbocycles. The quantitative estimate of drug-likeness (QED) is 0.925. The van der Waals surface area contributed by atoms with Gasteiger partial charge in [0.1, 0.15) is 10.3 Å². The molecule has 1 amide bonds. The van der Waals surface area contributed by atoms with Crippen LogP contribution in [-0.4, -0.2) is 33.0 Å². The van der Waals surface area contributed by atoms with Crippen molar-refractivity contribution in [3.63, 3.8) is 0 Å². The second-order valence-electron chi connectivity index (χ2n) is 3.69. The molecule has 0 aliphatic heterocycles. The number of pyridine rings is 1. The molecule has 0 radical (unpaired) electrons. The topological polar surface area (TPSA) is 71.2 Å². The average Bonchev–Trinajstić information content (AvgIpc) is 2.65. The van der Waals surface area contributed by atoms with Crippen molar-refractivity contribution in [3.05, 3.63) is 34.8 Å². The van der Waals surface area contributed by atoms with Gasteiger partial charge in [-0.15, -0.1) is 0 Å². The monoisotopic (exact) mass is 310 g/mol. The summed E-state index contributed by atoms with van der Waals surface area (Å²) in [6.07, 6.45) is 2.28. The van der Waals surface area contributed by atoms with Gasteiger partial charge in [0.25, 0.3) is 0 Å². The van der Waals surface area contributed by atoms with Crippen molar-refractivity contribution in [2.45, 2.75) is 6.92 Å². The Balaban J connectivity index is 2.54. The van der Waals surface area contributed by atoms with Crippen LogP contribution in [0.25, 0.3) is 5.69 Å². The first kappa shape index (κ1) is 12.6. The van der Waals surface area contributed by atoms with E-state index in [0.29, 0.717) is 16.0 Å². The molecule has 0 aromatic carbocycles. The van der Waals surface area contributed by atoms with Gasteiger partial charge in [-0.25, -0.2) is 9.48 Å². The molecule has 94 valence electrons. The van der Waals surface area contributed by atoms with E-state index in [4.69, 9.17) is 5.11 Å². The summed E-state index contributed by atoms with van der Waals surface area (Å²) in [6.45, 7) is 1.76. The summed E-state index contributed by atoms with van der Waals surface area (Å²) in [6, 6.07) is 3.63. The molecule has 2 rings (SSSR count). The lowest BCUT2D eigenvalue weighted by atomic mass is 10.4. The van der Waals surface area contributed by atoms with Gasteiger partial charge in [-0.05, 0) is 35.0 Å². The van der Waals surface area contributed by atoms with Crippen LogP contribution in [0.1, 0.15) is 5.69 Å². The largest absolute Gasteiger partial charge is 0.465 e. The zero-order valence-corrected chi connectivity index (χ0v) is 11.4. The molecule has 2 heterocycles. The predicted octanol–water partition coefficient (Wildman–Crippen LogP) is 2.45. The predicted molar refractivity (Wildman–Crippen MR) is 70.2 cm³/mol. The number of aryl methyl sites for hydroxylation is 1. The zero-order chi connectivity index (χ0) is 13.3. The summed E-state index contributed by atoms with van der Waals surface area (Å²) in [7, 11) is 1.48. The Hall–Kier alpha value is -1.89. The number of aromatic nitrogens is 3. The lowest BCUT2D eigenvalue weighted by Gasteiger charge is -2.12. The third-order valence-corrected chi connectivity index (χ3v) is 3.20. The third-order valence-electron chi connectivity index (χ3n) is 2.49. The number of amides is 1. The van der Waals surface area contributed by atoms with Crippen molar-refractivity contribution in [2.24, 2.45) is 0 Å². The van der Waals surface area contributed by atoms with Crippen molar-refractivity contribution in [1.82, 2.24) is 14.8 Å². The van der Waals surface area contributed by atoms with Gasteiger partial charge in [-0.3, -0.25) is 9.88 Å². The van der Waals surface area contributed by atoms with E-state index in [-0.39, 0.29) is 0 Å². The van der Waals surface area contributed by atoms with E-state index in [0.717, 1.165) is 10.6 Å². The molecule has 0 atom stereocenters. The Morgan fingerprint density at radius 3 is 2.83 bits per heavy atom. The molecular weight excluding hydrogens is 300 g/mol. The van der Waals surface area contributed by atoms with Crippen molar-refractivity contribution in [3.8, 4) is 5.69 Å². The van der Waals surface area contributed by atoms with Crippen LogP contribution in [0.2, 0.25) is 0 Å². The molecule has 7 heteroatoms. The lowest BCUT2D eigenvalue weighted by molar-refractivity contribution is 0.203. The van der Waals surface area contributed by atoms with Gasteiger partial charge < -0.3 is 5.11 Å². The number of rotatable bonds is 2. The van der Waals surface area contributed by atoms with Crippen molar-refractivity contribution in [2.75, 3.05) is 11.9 Å². The van der Waals surface area contributed by atoms with Gasteiger partial charge >= 0.3 is 6.09 Å². The van der Waals surface area contributed by atoms with Crippen LogP contribution in [0, 0.1) is 6.92 Å². The van der Waals surface area contributed by atoms with E-state index in [9.17, 15) is 4.79 Å². The van der Waals surface area contributed by atoms with Gasteiger partial charge in [0.2, 0.25) is 0 Å². The SMILES string of the molecule is Cc1nn(-c2cccnc2)c(Br)c1N(C)C(=O)O. The average molecular weight is 311 g/mol. The minimum Gasteiger partial charge on any atom is -0.465 e. The molecule has 0 saturated heterocycles. The molecule has 0 unspecified atom stereocenters. The van der Waals surface area contributed by atoms with Gasteiger partial charge in [-0.1, -0.05) is 0 Å². The van der Waals surface area contributed by atoms with Crippen LogP contribution in [0.5, 0.6) is 0 Å². The van der Waals surface area contributed by atoms with Crippen molar-refractivity contribution < 1.29 is 9.90 Å². The first-order chi connectivity index (χ1) is 8.52. The fourth-order valence-corrected chi connectivity index (χ4v) is 2.45. The standard InChI is InChI=1S/C11H11BrN4O2/c1-7-9(15(2)11(17)18)10(12)16(14-7)8-4-3-5-13-6-8/h3-6H,1-2H3,(H,17,18). The Kier molecular flexibility index (Phi) is 3.33. The number of halogens is 1. The van der Waals surface area contributed by atoms with Crippen molar-refractivity contribution >= 4 is 27.7 Å². The van der Waals surface area contributed by atoms with Crippen LogP contribution in [-0.2, 0) is 0 Å². The second kappa shape index (κ2) is 4.77. The molecule has 0 fully saturated rings. The number of carbonyl (C=O) groups is 1. The molecule has 0 aliphatic rings. The smallest absolute Gasteiger partial charge is 0.411 e. The first-order valence-electron chi connectivity index (χ1n) is 5.14. The minimum atomic E-state index is -1.04.